The van der Waals surface area contributed by atoms with Crippen molar-refractivity contribution >= 4 is 54.5 Å². The molecule has 0 aliphatic rings. The Morgan fingerprint density at radius 1 is 0.312 bits per heavy atom. The van der Waals surface area contributed by atoms with E-state index in [-0.39, 0.29) is 0 Å². The first-order chi connectivity index (χ1) is 23.8. The van der Waals surface area contributed by atoms with Crippen molar-refractivity contribution in [2.45, 2.75) is 0 Å². The van der Waals surface area contributed by atoms with Crippen LogP contribution in [-0.2, 0) is 0 Å². The maximum Gasteiger partial charge on any atom is 0.136 e. The fraction of sp³-hybridized carbons (Fsp3) is 0. The Hall–Kier alpha value is -6.38. The van der Waals surface area contributed by atoms with E-state index >= 15 is 0 Å². The van der Waals surface area contributed by atoms with E-state index in [4.69, 9.17) is 8.83 Å². The third kappa shape index (κ3) is 4.13. The van der Waals surface area contributed by atoms with Crippen LogP contribution in [-0.4, -0.2) is 0 Å². The lowest BCUT2D eigenvalue weighted by atomic mass is 9.84. The van der Waals surface area contributed by atoms with Crippen molar-refractivity contribution in [1.82, 2.24) is 0 Å². The molecule has 0 spiro atoms. The fourth-order valence-electron chi connectivity index (χ4n) is 7.52. The molecule has 0 amide bonds. The Morgan fingerprint density at radius 2 is 0.896 bits per heavy atom. The summed E-state index contributed by atoms with van der Waals surface area (Å²) >= 11 is 0. The topological polar surface area (TPSA) is 26.3 Å². The number of hydrogen-bond donors (Lipinski definition) is 0. The largest absolute Gasteiger partial charge is 0.456 e. The van der Waals surface area contributed by atoms with Gasteiger partial charge in [-0.1, -0.05) is 133 Å². The minimum atomic E-state index is 0.868. The molecular weight excluding hydrogens is 585 g/mol. The number of fused-ring (bicyclic) bond motifs is 6. The Balaban J connectivity index is 1.29. The smallest absolute Gasteiger partial charge is 0.136 e. The molecule has 48 heavy (non-hydrogen) atoms. The summed E-state index contributed by atoms with van der Waals surface area (Å²) in [5, 5.41) is 8.22. The molecule has 0 radical (unpaired) electrons. The van der Waals surface area contributed by atoms with Crippen molar-refractivity contribution < 1.29 is 8.83 Å². The van der Waals surface area contributed by atoms with Gasteiger partial charge in [-0.15, -0.1) is 0 Å². The molecule has 10 aromatic rings. The standard InChI is InChI=1S/C46H28O2/c1-3-13-29(14-4-1)42-28-33-25-31(23-24-40(33)47-42)32-26-39(46-38-21-11-12-22-41(38)48-43(46)27-32)45-36-19-9-7-17-34(36)44(30-15-5-2-6-16-30)35-18-8-10-20-37(35)45/h1-28H. The van der Waals surface area contributed by atoms with E-state index < -0.39 is 0 Å². The van der Waals surface area contributed by atoms with Crippen molar-refractivity contribution in [3.63, 3.8) is 0 Å². The second-order valence-corrected chi connectivity index (χ2v) is 12.4. The molecule has 0 N–H and O–H groups in total. The van der Waals surface area contributed by atoms with Crippen LogP contribution in [0.3, 0.4) is 0 Å². The summed E-state index contributed by atoms with van der Waals surface area (Å²) in [5.74, 6) is 0.868. The molecule has 224 valence electrons. The van der Waals surface area contributed by atoms with Crippen LogP contribution in [0.25, 0.3) is 99.2 Å². The molecule has 0 bridgehead atoms. The molecule has 2 heteroatoms. The highest BCUT2D eigenvalue weighted by atomic mass is 16.3. The Morgan fingerprint density at radius 3 is 1.58 bits per heavy atom. The molecule has 0 aliphatic heterocycles. The SMILES string of the molecule is c1ccc(-c2cc3cc(-c4cc(-c5c6ccccc6c(-c6ccccc6)c6ccccc56)c5c(c4)oc4ccccc45)ccc3o2)cc1. The molecule has 0 saturated heterocycles. The second kappa shape index (κ2) is 10.6. The van der Waals surface area contributed by atoms with Gasteiger partial charge in [0.15, 0.2) is 0 Å². The summed E-state index contributed by atoms with van der Waals surface area (Å²) in [7, 11) is 0. The van der Waals surface area contributed by atoms with E-state index in [9.17, 15) is 0 Å². The van der Waals surface area contributed by atoms with E-state index in [1.807, 2.05) is 24.3 Å². The molecule has 0 saturated carbocycles. The average Bonchev–Trinajstić information content (AvgIpc) is 3.76. The lowest BCUT2D eigenvalue weighted by molar-refractivity contribution is 0.631. The molecule has 8 aromatic carbocycles. The molecule has 0 unspecified atom stereocenters. The van der Waals surface area contributed by atoms with E-state index in [1.165, 1.54) is 38.2 Å². The van der Waals surface area contributed by atoms with Gasteiger partial charge in [0.25, 0.3) is 0 Å². The molecule has 0 atom stereocenters. The molecule has 10 rings (SSSR count). The molecule has 2 aromatic heterocycles. The van der Waals surface area contributed by atoms with E-state index in [0.29, 0.717) is 0 Å². The molecule has 2 heterocycles. The predicted octanol–water partition coefficient (Wildman–Crippen LogP) is 13.3. The normalized spacial score (nSPS) is 11.8. The highest BCUT2D eigenvalue weighted by Gasteiger charge is 2.21. The maximum atomic E-state index is 6.62. The van der Waals surface area contributed by atoms with E-state index in [0.717, 1.165) is 60.9 Å². The van der Waals surface area contributed by atoms with Gasteiger partial charge in [-0.25, -0.2) is 0 Å². The van der Waals surface area contributed by atoms with Gasteiger partial charge in [0, 0.05) is 21.7 Å². The highest BCUT2D eigenvalue weighted by molar-refractivity contribution is 6.26. The third-order valence-corrected chi connectivity index (χ3v) is 9.65. The number of rotatable bonds is 4. The van der Waals surface area contributed by atoms with E-state index in [2.05, 4.69) is 146 Å². The summed E-state index contributed by atoms with van der Waals surface area (Å²) < 4.78 is 12.9. The van der Waals surface area contributed by atoms with Gasteiger partial charge in [0.1, 0.15) is 22.5 Å². The predicted molar refractivity (Wildman–Crippen MR) is 200 cm³/mol. The van der Waals surface area contributed by atoms with Crippen LogP contribution in [0.5, 0.6) is 0 Å². The number of benzene rings is 8. The van der Waals surface area contributed by atoms with Crippen LogP contribution < -0.4 is 0 Å². The first kappa shape index (κ1) is 26.8. The lowest BCUT2D eigenvalue weighted by Crippen LogP contribution is -1.92. The summed E-state index contributed by atoms with van der Waals surface area (Å²) in [6, 6.07) is 60.2. The van der Waals surface area contributed by atoms with Crippen molar-refractivity contribution in [2.24, 2.45) is 0 Å². The van der Waals surface area contributed by atoms with Crippen LogP contribution in [0, 0.1) is 0 Å². The minimum absolute atomic E-state index is 0.868. The Kier molecular flexibility index (Phi) is 5.91. The Labute approximate surface area is 277 Å². The van der Waals surface area contributed by atoms with Gasteiger partial charge in [0.2, 0.25) is 0 Å². The monoisotopic (exact) mass is 612 g/mol. The quantitative estimate of drug-likeness (QED) is 0.185. The van der Waals surface area contributed by atoms with Gasteiger partial charge >= 0.3 is 0 Å². The number of para-hydroxylation sites is 1. The lowest BCUT2D eigenvalue weighted by Gasteiger charge is -2.19. The zero-order valence-corrected chi connectivity index (χ0v) is 26.0. The van der Waals surface area contributed by atoms with Crippen LogP contribution in [0.2, 0.25) is 0 Å². The average molecular weight is 613 g/mol. The van der Waals surface area contributed by atoms with Gasteiger partial charge in [-0.05, 0) is 91.3 Å². The summed E-state index contributed by atoms with van der Waals surface area (Å²) in [6.45, 7) is 0. The molecule has 0 aliphatic carbocycles. The number of furan rings is 2. The molecule has 2 nitrogen and oxygen atoms in total. The van der Waals surface area contributed by atoms with E-state index in [1.54, 1.807) is 0 Å². The first-order valence-electron chi connectivity index (χ1n) is 16.3. The summed E-state index contributed by atoms with van der Waals surface area (Å²) in [5.41, 5.74) is 10.8. The van der Waals surface area contributed by atoms with Crippen LogP contribution >= 0.6 is 0 Å². The zero-order chi connectivity index (χ0) is 31.6. The fourth-order valence-corrected chi connectivity index (χ4v) is 7.52. The van der Waals surface area contributed by atoms with Gasteiger partial charge < -0.3 is 8.83 Å². The van der Waals surface area contributed by atoms with Crippen LogP contribution in [0.1, 0.15) is 0 Å². The third-order valence-electron chi connectivity index (χ3n) is 9.65. The minimum Gasteiger partial charge on any atom is -0.456 e. The first-order valence-corrected chi connectivity index (χ1v) is 16.3. The number of hydrogen-bond acceptors (Lipinski definition) is 2. The molecular formula is C46H28O2. The van der Waals surface area contributed by atoms with Crippen molar-refractivity contribution in [3.8, 4) is 44.7 Å². The van der Waals surface area contributed by atoms with Crippen LogP contribution in [0.4, 0.5) is 0 Å². The van der Waals surface area contributed by atoms with Crippen LogP contribution in [0.15, 0.2) is 179 Å². The summed E-state index contributed by atoms with van der Waals surface area (Å²) in [6.07, 6.45) is 0. The highest BCUT2D eigenvalue weighted by Crippen LogP contribution is 2.48. The second-order valence-electron chi connectivity index (χ2n) is 12.4. The zero-order valence-electron chi connectivity index (χ0n) is 26.0. The van der Waals surface area contributed by atoms with Crippen molar-refractivity contribution in [2.75, 3.05) is 0 Å². The Bertz CT molecular complexity index is 2760. The van der Waals surface area contributed by atoms with Crippen molar-refractivity contribution in [3.05, 3.63) is 170 Å². The van der Waals surface area contributed by atoms with Gasteiger partial charge in [-0.3, -0.25) is 0 Å². The van der Waals surface area contributed by atoms with Crippen molar-refractivity contribution in [1.29, 1.82) is 0 Å². The molecule has 0 fully saturated rings. The van der Waals surface area contributed by atoms with Gasteiger partial charge in [-0.2, -0.15) is 0 Å². The maximum absolute atomic E-state index is 6.62. The van der Waals surface area contributed by atoms with Gasteiger partial charge in [0.05, 0.1) is 0 Å². The summed E-state index contributed by atoms with van der Waals surface area (Å²) in [4.78, 5) is 0.